The highest BCUT2D eigenvalue weighted by atomic mass is 35.5. The number of nitrogens with two attached hydrogens (primary N) is 1. The lowest BCUT2D eigenvalue weighted by Crippen LogP contribution is -2.42. The number of hydrogen-bond donors (Lipinski definition) is 2. The van der Waals surface area contributed by atoms with Crippen molar-refractivity contribution in [3.63, 3.8) is 0 Å². The van der Waals surface area contributed by atoms with E-state index in [1.165, 1.54) is 0 Å². The number of rotatable bonds is 6. The first-order chi connectivity index (χ1) is 6.07. The van der Waals surface area contributed by atoms with Gasteiger partial charge in [0, 0.05) is 13.7 Å². The topological polar surface area (TPSA) is 64.3 Å². The second kappa shape index (κ2) is 9.24. The van der Waals surface area contributed by atoms with Crippen LogP contribution in [0.25, 0.3) is 0 Å². The van der Waals surface area contributed by atoms with Gasteiger partial charge in [-0.05, 0) is 12.3 Å². The summed E-state index contributed by atoms with van der Waals surface area (Å²) in [4.78, 5) is 11.3. The van der Waals surface area contributed by atoms with E-state index in [4.69, 9.17) is 10.5 Å². The molecule has 0 aromatic heterocycles. The van der Waals surface area contributed by atoms with Gasteiger partial charge < -0.3 is 15.8 Å². The third-order valence-corrected chi connectivity index (χ3v) is 1.67. The monoisotopic (exact) mass is 224 g/mol. The number of carbonyl (C=O) groups is 1. The normalized spacial score (nSPS) is 12.1. The Kier molecular flexibility index (Phi) is 10.6. The number of nitrogens with one attached hydrogen (secondary N) is 1. The molecule has 0 aliphatic rings. The van der Waals surface area contributed by atoms with Gasteiger partial charge in [0.15, 0.2) is 0 Å². The maximum Gasteiger partial charge on any atom is 0.237 e. The molecule has 3 N–H and O–H groups in total. The highest BCUT2D eigenvalue weighted by Crippen LogP contribution is 2.01. The number of amides is 1. The molecule has 1 atom stereocenters. The molecule has 0 spiro atoms. The Labute approximate surface area is 92.0 Å². The zero-order valence-electron chi connectivity index (χ0n) is 9.08. The van der Waals surface area contributed by atoms with Crippen molar-refractivity contribution in [3.05, 3.63) is 0 Å². The maximum absolute atomic E-state index is 11.3. The Hall–Kier alpha value is -0.320. The van der Waals surface area contributed by atoms with E-state index in [0.29, 0.717) is 19.1 Å². The summed E-state index contributed by atoms with van der Waals surface area (Å²) in [7, 11) is 1.60. The van der Waals surface area contributed by atoms with Gasteiger partial charge in [-0.1, -0.05) is 13.8 Å². The molecular weight excluding hydrogens is 204 g/mol. The maximum atomic E-state index is 11.3. The summed E-state index contributed by atoms with van der Waals surface area (Å²) in [5.41, 5.74) is 5.65. The van der Waals surface area contributed by atoms with Crippen molar-refractivity contribution in [1.82, 2.24) is 5.32 Å². The summed E-state index contributed by atoms with van der Waals surface area (Å²) in [5, 5.41) is 2.70. The highest BCUT2D eigenvalue weighted by molar-refractivity contribution is 5.85. The lowest BCUT2D eigenvalue weighted by Gasteiger charge is -2.13. The molecule has 0 heterocycles. The first-order valence-electron chi connectivity index (χ1n) is 4.60. The first kappa shape index (κ1) is 16.1. The van der Waals surface area contributed by atoms with Gasteiger partial charge >= 0.3 is 0 Å². The van der Waals surface area contributed by atoms with E-state index in [-0.39, 0.29) is 18.3 Å². The fourth-order valence-electron chi connectivity index (χ4n) is 1.02. The lowest BCUT2D eigenvalue weighted by molar-refractivity contribution is -0.122. The molecule has 1 amide bonds. The average Bonchev–Trinajstić information content (AvgIpc) is 2.03. The van der Waals surface area contributed by atoms with Gasteiger partial charge in [0.25, 0.3) is 0 Å². The van der Waals surface area contributed by atoms with Gasteiger partial charge in [-0.25, -0.2) is 0 Å². The first-order valence-corrected chi connectivity index (χ1v) is 4.60. The quantitative estimate of drug-likeness (QED) is 0.648. The number of hydrogen-bond acceptors (Lipinski definition) is 3. The van der Waals surface area contributed by atoms with Crippen molar-refractivity contribution in [3.8, 4) is 0 Å². The van der Waals surface area contributed by atoms with Gasteiger partial charge in [0.05, 0.1) is 12.6 Å². The van der Waals surface area contributed by atoms with Crippen LogP contribution in [0.2, 0.25) is 0 Å². The van der Waals surface area contributed by atoms with E-state index in [1.807, 2.05) is 13.8 Å². The highest BCUT2D eigenvalue weighted by Gasteiger charge is 2.13. The molecule has 0 bridgehead atoms. The van der Waals surface area contributed by atoms with Gasteiger partial charge in [-0.15, -0.1) is 12.4 Å². The van der Waals surface area contributed by atoms with Crippen LogP contribution in [0.4, 0.5) is 0 Å². The number of carbonyl (C=O) groups excluding carboxylic acids is 1. The largest absolute Gasteiger partial charge is 0.383 e. The van der Waals surface area contributed by atoms with Gasteiger partial charge in [-0.3, -0.25) is 4.79 Å². The van der Waals surface area contributed by atoms with Crippen molar-refractivity contribution in [2.45, 2.75) is 26.3 Å². The fraction of sp³-hybridized carbons (Fsp3) is 0.889. The minimum absolute atomic E-state index is 0. The van der Waals surface area contributed by atoms with E-state index in [1.54, 1.807) is 7.11 Å². The molecule has 0 unspecified atom stereocenters. The molecule has 0 saturated heterocycles. The van der Waals surface area contributed by atoms with E-state index in [9.17, 15) is 4.79 Å². The molecule has 5 heteroatoms. The summed E-state index contributed by atoms with van der Waals surface area (Å²) in [6.07, 6.45) is 0.721. The van der Waals surface area contributed by atoms with Crippen LogP contribution in [0.3, 0.4) is 0 Å². The minimum Gasteiger partial charge on any atom is -0.383 e. The Bertz CT molecular complexity index is 154. The van der Waals surface area contributed by atoms with Crippen LogP contribution in [0.1, 0.15) is 20.3 Å². The van der Waals surface area contributed by atoms with E-state index in [2.05, 4.69) is 5.32 Å². The second-order valence-corrected chi connectivity index (χ2v) is 3.52. The average molecular weight is 225 g/mol. The number of halogens is 1. The molecule has 0 radical (unpaired) electrons. The van der Waals surface area contributed by atoms with Gasteiger partial charge in [-0.2, -0.15) is 0 Å². The van der Waals surface area contributed by atoms with E-state index in [0.717, 1.165) is 6.42 Å². The van der Waals surface area contributed by atoms with Crippen LogP contribution >= 0.6 is 12.4 Å². The molecule has 0 aliphatic carbocycles. The van der Waals surface area contributed by atoms with Crippen LogP contribution in [-0.2, 0) is 9.53 Å². The molecule has 4 nitrogen and oxygen atoms in total. The molecular formula is C9H21ClN2O2. The Morgan fingerprint density at radius 2 is 2.07 bits per heavy atom. The van der Waals surface area contributed by atoms with Crippen LogP contribution in [0.5, 0.6) is 0 Å². The molecule has 0 rings (SSSR count). The second-order valence-electron chi connectivity index (χ2n) is 3.52. The van der Waals surface area contributed by atoms with Gasteiger partial charge in [0.2, 0.25) is 5.91 Å². The van der Waals surface area contributed by atoms with Crippen LogP contribution in [0.15, 0.2) is 0 Å². The third-order valence-electron chi connectivity index (χ3n) is 1.67. The van der Waals surface area contributed by atoms with E-state index < -0.39 is 6.04 Å². The SMILES string of the molecule is COCCNC(=O)[C@@H](N)CC(C)C.Cl. The Morgan fingerprint density at radius 3 is 2.50 bits per heavy atom. The molecule has 0 saturated carbocycles. The van der Waals surface area contributed by atoms with Crippen molar-refractivity contribution in [2.75, 3.05) is 20.3 Å². The Morgan fingerprint density at radius 1 is 1.50 bits per heavy atom. The zero-order valence-corrected chi connectivity index (χ0v) is 9.89. The summed E-state index contributed by atoms with van der Waals surface area (Å²) >= 11 is 0. The van der Waals surface area contributed by atoms with Crippen molar-refractivity contribution >= 4 is 18.3 Å². The van der Waals surface area contributed by atoms with Crippen molar-refractivity contribution < 1.29 is 9.53 Å². The minimum atomic E-state index is -0.392. The van der Waals surface area contributed by atoms with Crippen molar-refractivity contribution in [2.24, 2.45) is 11.7 Å². The lowest BCUT2D eigenvalue weighted by atomic mass is 10.0. The van der Waals surface area contributed by atoms with E-state index >= 15 is 0 Å². The summed E-state index contributed by atoms with van der Waals surface area (Å²) < 4.78 is 4.80. The van der Waals surface area contributed by atoms with Crippen molar-refractivity contribution in [1.29, 1.82) is 0 Å². The zero-order chi connectivity index (χ0) is 10.3. The molecule has 0 aliphatic heterocycles. The standard InChI is InChI=1S/C9H20N2O2.ClH/c1-7(2)6-8(10)9(12)11-4-5-13-3;/h7-8H,4-6,10H2,1-3H3,(H,11,12);1H/t8-;/m0./s1. The molecule has 0 fully saturated rings. The van der Waals surface area contributed by atoms with Crippen LogP contribution in [-0.4, -0.2) is 32.2 Å². The van der Waals surface area contributed by atoms with Gasteiger partial charge in [0.1, 0.15) is 0 Å². The van der Waals surface area contributed by atoms with Crippen LogP contribution < -0.4 is 11.1 Å². The molecule has 0 aromatic carbocycles. The summed E-state index contributed by atoms with van der Waals surface area (Å²) in [6.45, 7) is 5.14. The predicted molar refractivity (Wildman–Crippen MR) is 59.6 cm³/mol. The number of ether oxygens (including phenoxy) is 1. The fourth-order valence-corrected chi connectivity index (χ4v) is 1.02. The smallest absolute Gasteiger partial charge is 0.237 e. The third kappa shape index (κ3) is 8.29. The molecule has 0 aromatic rings. The Balaban J connectivity index is 0. The predicted octanol–water partition coefficient (Wildman–Crippen LogP) is 0.544. The number of methoxy groups -OCH3 is 1. The molecule has 14 heavy (non-hydrogen) atoms. The summed E-state index contributed by atoms with van der Waals surface area (Å²) in [5.74, 6) is 0.355. The molecule has 86 valence electrons. The summed E-state index contributed by atoms with van der Waals surface area (Å²) in [6, 6.07) is -0.392. The van der Waals surface area contributed by atoms with Crippen LogP contribution in [0, 0.1) is 5.92 Å².